The SMILES string of the molecule is O=C(O)c1ccc([N+](=O)[O-])c(NCC2(CCO)CC2)c1. The molecule has 0 bridgehead atoms. The van der Waals surface area contributed by atoms with Crippen LogP contribution in [-0.4, -0.2) is 34.3 Å². The van der Waals surface area contributed by atoms with Gasteiger partial charge in [0, 0.05) is 19.2 Å². The Hall–Kier alpha value is -2.15. The summed E-state index contributed by atoms with van der Waals surface area (Å²) >= 11 is 0. The molecule has 108 valence electrons. The molecule has 2 rings (SSSR count). The second-order valence-electron chi connectivity index (χ2n) is 5.12. The second-order valence-corrected chi connectivity index (χ2v) is 5.12. The largest absolute Gasteiger partial charge is 0.478 e. The topological polar surface area (TPSA) is 113 Å². The van der Waals surface area contributed by atoms with Gasteiger partial charge in [0.2, 0.25) is 0 Å². The lowest BCUT2D eigenvalue weighted by Gasteiger charge is -2.15. The molecular weight excluding hydrogens is 264 g/mol. The fourth-order valence-corrected chi connectivity index (χ4v) is 2.18. The summed E-state index contributed by atoms with van der Waals surface area (Å²) in [7, 11) is 0. The average molecular weight is 280 g/mol. The number of aromatic carboxylic acids is 1. The fourth-order valence-electron chi connectivity index (χ4n) is 2.18. The van der Waals surface area contributed by atoms with Crippen LogP contribution in [0, 0.1) is 15.5 Å². The molecule has 1 aliphatic rings. The highest BCUT2D eigenvalue weighted by Gasteiger charge is 2.41. The first-order valence-corrected chi connectivity index (χ1v) is 6.34. The van der Waals surface area contributed by atoms with Gasteiger partial charge in [-0.05, 0) is 36.8 Å². The molecule has 0 atom stereocenters. The molecule has 7 nitrogen and oxygen atoms in total. The minimum absolute atomic E-state index is 0.00473. The van der Waals surface area contributed by atoms with Gasteiger partial charge in [0.25, 0.3) is 5.69 Å². The summed E-state index contributed by atoms with van der Waals surface area (Å²) in [5.74, 6) is -1.13. The van der Waals surface area contributed by atoms with Crippen molar-refractivity contribution in [2.75, 3.05) is 18.5 Å². The molecule has 1 aliphatic carbocycles. The molecule has 0 radical (unpaired) electrons. The number of carboxylic acid groups (broad SMARTS) is 1. The summed E-state index contributed by atoms with van der Waals surface area (Å²) < 4.78 is 0. The van der Waals surface area contributed by atoms with Crippen LogP contribution in [0.15, 0.2) is 18.2 Å². The Bertz CT molecular complexity index is 540. The van der Waals surface area contributed by atoms with Crippen molar-refractivity contribution in [1.82, 2.24) is 0 Å². The van der Waals surface area contributed by atoms with Crippen LogP contribution >= 0.6 is 0 Å². The molecular formula is C13H16N2O5. The quantitative estimate of drug-likeness (QED) is 0.519. The van der Waals surface area contributed by atoms with Gasteiger partial charge in [0.1, 0.15) is 5.69 Å². The zero-order valence-electron chi connectivity index (χ0n) is 10.8. The van der Waals surface area contributed by atoms with E-state index in [0.717, 1.165) is 12.8 Å². The molecule has 1 fully saturated rings. The molecule has 20 heavy (non-hydrogen) atoms. The van der Waals surface area contributed by atoms with Gasteiger partial charge in [-0.1, -0.05) is 0 Å². The molecule has 0 saturated heterocycles. The van der Waals surface area contributed by atoms with Crippen LogP contribution in [0.1, 0.15) is 29.6 Å². The van der Waals surface area contributed by atoms with Gasteiger partial charge in [-0.2, -0.15) is 0 Å². The Balaban J connectivity index is 2.17. The van der Waals surface area contributed by atoms with Crippen molar-refractivity contribution in [1.29, 1.82) is 0 Å². The van der Waals surface area contributed by atoms with Crippen molar-refractivity contribution in [2.24, 2.45) is 5.41 Å². The number of nitro groups is 1. The van der Waals surface area contributed by atoms with Gasteiger partial charge in [0.15, 0.2) is 0 Å². The van der Waals surface area contributed by atoms with Crippen LogP contribution in [-0.2, 0) is 0 Å². The normalized spacial score (nSPS) is 15.7. The average Bonchev–Trinajstić information content (AvgIpc) is 3.16. The van der Waals surface area contributed by atoms with E-state index in [-0.39, 0.29) is 29.0 Å². The third-order valence-corrected chi connectivity index (χ3v) is 3.69. The van der Waals surface area contributed by atoms with E-state index in [4.69, 9.17) is 10.2 Å². The number of nitro benzene ring substituents is 1. The Morgan fingerprint density at radius 3 is 2.65 bits per heavy atom. The number of nitrogens with zero attached hydrogens (tertiary/aromatic N) is 1. The first-order valence-electron chi connectivity index (χ1n) is 6.34. The fraction of sp³-hybridized carbons (Fsp3) is 0.462. The number of nitrogens with one attached hydrogen (secondary N) is 1. The van der Waals surface area contributed by atoms with Gasteiger partial charge in [0.05, 0.1) is 10.5 Å². The van der Waals surface area contributed by atoms with Crippen LogP contribution in [0.5, 0.6) is 0 Å². The number of hydrogen-bond donors (Lipinski definition) is 3. The number of aliphatic hydroxyl groups excluding tert-OH is 1. The van der Waals surface area contributed by atoms with E-state index in [1.54, 1.807) is 0 Å². The lowest BCUT2D eigenvalue weighted by atomic mass is 10.0. The van der Waals surface area contributed by atoms with Crippen molar-refractivity contribution in [2.45, 2.75) is 19.3 Å². The summed E-state index contributed by atoms with van der Waals surface area (Å²) in [4.78, 5) is 21.3. The number of carboxylic acids is 1. The molecule has 1 aromatic rings. The number of hydrogen-bond acceptors (Lipinski definition) is 5. The van der Waals surface area contributed by atoms with E-state index >= 15 is 0 Å². The maximum absolute atomic E-state index is 10.9. The van der Waals surface area contributed by atoms with E-state index in [2.05, 4.69) is 5.32 Å². The summed E-state index contributed by atoms with van der Waals surface area (Å²) in [6.45, 7) is 0.580. The van der Waals surface area contributed by atoms with Crippen molar-refractivity contribution in [3.8, 4) is 0 Å². The molecule has 0 amide bonds. The van der Waals surface area contributed by atoms with Crippen LogP contribution in [0.25, 0.3) is 0 Å². The first kappa shape index (κ1) is 14.3. The third-order valence-electron chi connectivity index (χ3n) is 3.69. The monoisotopic (exact) mass is 280 g/mol. The van der Waals surface area contributed by atoms with Crippen molar-refractivity contribution >= 4 is 17.3 Å². The van der Waals surface area contributed by atoms with Crippen molar-refractivity contribution < 1.29 is 19.9 Å². The van der Waals surface area contributed by atoms with Crippen LogP contribution in [0.2, 0.25) is 0 Å². The van der Waals surface area contributed by atoms with E-state index in [0.29, 0.717) is 13.0 Å². The van der Waals surface area contributed by atoms with Gasteiger partial charge in [-0.3, -0.25) is 10.1 Å². The number of aliphatic hydroxyl groups is 1. The van der Waals surface area contributed by atoms with Gasteiger partial charge in [-0.25, -0.2) is 4.79 Å². The van der Waals surface area contributed by atoms with E-state index in [1.165, 1.54) is 18.2 Å². The molecule has 0 unspecified atom stereocenters. The molecule has 0 heterocycles. The number of anilines is 1. The molecule has 0 aromatic heterocycles. The Kier molecular flexibility index (Phi) is 3.89. The van der Waals surface area contributed by atoms with Crippen LogP contribution in [0.4, 0.5) is 11.4 Å². The smallest absolute Gasteiger partial charge is 0.335 e. The number of rotatable bonds is 7. The Morgan fingerprint density at radius 1 is 1.45 bits per heavy atom. The summed E-state index contributed by atoms with van der Waals surface area (Å²) in [6, 6.07) is 3.68. The molecule has 0 spiro atoms. The highest BCUT2D eigenvalue weighted by Crippen LogP contribution is 2.48. The molecule has 1 aromatic carbocycles. The third kappa shape index (κ3) is 3.05. The minimum atomic E-state index is -1.13. The van der Waals surface area contributed by atoms with E-state index in [1.807, 2.05) is 0 Å². The number of carbonyl (C=O) groups is 1. The minimum Gasteiger partial charge on any atom is -0.478 e. The number of benzene rings is 1. The zero-order valence-corrected chi connectivity index (χ0v) is 10.8. The summed E-state index contributed by atoms with van der Waals surface area (Å²) in [6.07, 6.45) is 2.58. The Morgan fingerprint density at radius 2 is 2.15 bits per heavy atom. The molecule has 3 N–H and O–H groups in total. The maximum atomic E-state index is 10.9. The van der Waals surface area contributed by atoms with Crippen molar-refractivity contribution in [3.63, 3.8) is 0 Å². The predicted molar refractivity (Wildman–Crippen MR) is 71.9 cm³/mol. The van der Waals surface area contributed by atoms with Gasteiger partial charge >= 0.3 is 5.97 Å². The van der Waals surface area contributed by atoms with Gasteiger partial charge < -0.3 is 15.5 Å². The molecule has 0 aliphatic heterocycles. The second kappa shape index (κ2) is 5.46. The predicted octanol–water partition coefficient (Wildman–Crippen LogP) is 1.87. The maximum Gasteiger partial charge on any atom is 0.335 e. The van der Waals surface area contributed by atoms with E-state index in [9.17, 15) is 14.9 Å². The van der Waals surface area contributed by atoms with Crippen LogP contribution in [0.3, 0.4) is 0 Å². The molecule has 1 saturated carbocycles. The standard InChI is InChI=1S/C13H16N2O5/c16-6-5-13(3-4-13)8-14-10-7-9(12(17)18)1-2-11(10)15(19)20/h1-2,7,14,16H,3-6,8H2,(H,17,18). The Labute approximate surface area is 115 Å². The highest BCUT2D eigenvalue weighted by molar-refractivity contribution is 5.90. The highest BCUT2D eigenvalue weighted by atomic mass is 16.6. The van der Waals surface area contributed by atoms with Gasteiger partial charge in [-0.15, -0.1) is 0 Å². The van der Waals surface area contributed by atoms with Crippen molar-refractivity contribution in [3.05, 3.63) is 33.9 Å². The van der Waals surface area contributed by atoms with E-state index < -0.39 is 10.9 Å². The lowest BCUT2D eigenvalue weighted by Crippen LogP contribution is -2.17. The summed E-state index contributed by atoms with van der Waals surface area (Å²) in [5.41, 5.74) is 0.0565. The molecule has 7 heteroatoms. The lowest BCUT2D eigenvalue weighted by molar-refractivity contribution is -0.384. The summed E-state index contributed by atoms with van der Waals surface area (Å²) in [5, 5.41) is 31.8. The van der Waals surface area contributed by atoms with Crippen LogP contribution < -0.4 is 5.32 Å². The zero-order chi connectivity index (χ0) is 14.8. The first-order chi connectivity index (χ1) is 9.47.